The van der Waals surface area contributed by atoms with E-state index in [-0.39, 0.29) is 55.2 Å². The Balaban J connectivity index is 0.000000433. The van der Waals surface area contributed by atoms with Crippen molar-refractivity contribution >= 4 is 86.7 Å². The van der Waals surface area contributed by atoms with Gasteiger partial charge in [0.05, 0.1) is 47.5 Å². The molecule has 0 radical (unpaired) electrons. The van der Waals surface area contributed by atoms with Crippen molar-refractivity contribution in [2.24, 2.45) is 0 Å². The van der Waals surface area contributed by atoms with Gasteiger partial charge in [-0.25, -0.2) is 19.4 Å². The molecule has 4 amide bonds. The van der Waals surface area contributed by atoms with Gasteiger partial charge in [-0.15, -0.1) is 23.2 Å². The van der Waals surface area contributed by atoms with Gasteiger partial charge in [-0.1, -0.05) is 26.0 Å². The van der Waals surface area contributed by atoms with Crippen LogP contribution in [0.3, 0.4) is 0 Å². The van der Waals surface area contributed by atoms with Crippen LogP contribution in [-0.4, -0.2) is 130 Å². The summed E-state index contributed by atoms with van der Waals surface area (Å²) in [4.78, 5) is 82.0. The molecular formula is C59H60Cl2F15N11O14. The van der Waals surface area contributed by atoms with Crippen LogP contribution in [-0.2, 0) is 35.7 Å². The summed E-state index contributed by atoms with van der Waals surface area (Å²) < 4.78 is 199. The number of nitro benzene ring substituents is 4. The Morgan fingerprint density at radius 2 is 0.822 bits per heavy atom. The number of carboxylic acid groups (broad SMARTS) is 1. The van der Waals surface area contributed by atoms with Gasteiger partial charge < -0.3 is 44.8 Å². The van der Waals surface area contributed by atoms with Gasteiger partial charge in [-0.2, -0.15) is 65.9 Å². The van der Waals surface area contributed by atoms with Gasteiger partial charge in [-0.05, 0) is 86.5 Å². The number of carbonyl (C=O) groups is 3. The highest BCUT2D eigenvalue weighted by molar-refractivity contribution is 6.18. The van der Waals surface area contributed by atoms with Crippen molar-refractivity contribution in [1.82, 2.24) is 14.8 Å². The van der Waals surface area contributed by atoms with Crippen molar-refractivity contribution < 1.29 is 115 Å². The van der Waals surface area contributed by atoms with Gasteiger partial charge in [0, 0.05) is 114 Å². The van der Waals surface area contributed by atoms with Crippen LogP contribution in [0.25, 0.3) is 0 Å². The van der Waals surface area contributed by atoms with Gasteiger partial charge in [0.2, 0.25) is 5.88 Å². The minimum Gasteiger partial charge on any atom is -0.479 e. The van der Waals surface area contributed by atoms with E-state index in [1.807, 2.05) is 0 Å². The lowest BCUT2D eigenvalue weighted by Gasteiger charge is -2.23. The molecule has 5 aromatic carbocycles. The van der Waals surface area contributed by atoms with Gasteiger partial charge in [0.25, 0.3) is 22.7 Å². The number of anilines is 4. The van der Waals surface area contributed by atoms with E-state index < -0.39 is 137 Å². The molecule has 3 N–H and O–H groups in total. The highest BCUT2D eigenvalue weighted by Crippen LogP contribution is 2.45. The first kappa shape index (κ1) is 86.7. The normalized spacial score (nSPS) is 11.5. The molecule has 0 bridgehead atoms. The molecule has 1 aromatic heterocycles. The number of nitrogens with one attached hydrogen (secondary N) is 2. The number of carbonyl (C=O) groups excluding carboxylic acids is 2. The number of hydrogen-bond donors (Lipinski definition) is 3. The van der Waals surface area contributed by atoms with Crippen molar-refractivity contribution in [3.63, 3.8) is 0 Å². The number of hydrogen-bond acceptors (Lipinski definition) is 16. The first-order chi connectivity index (χ1) is 46.6. The Morgan fingerprint density at radius 3 is 1.08 bits per heavy atom. The zero-order valence-corrected chi connectivity index (χ0v) is 54.9. The highest BCUT2D eigenvalue weighted by atomic mass is 35.5. The lowest BCUT2D eigenvalue weighted by atomic mass is 10.1. The predicted octanol–water partition coefficient (Wildman–Crippen LogP) is 17.3. The van der Waals surface area contributed by atoms with E-state index in [1.165, 1.54) is 103 Å². The highest BCUT2D eigenvalue weighted by Gasteiger charge is 2.41. The number of urea groups is 2. The van der Waals surface area contributed by atoms with E-state index in [0.29, 0.717) is 54.8 Å². The van der Waals surface area contributed by atoms with Crippen molar-refractivity contribution in [2.45, 2.75) is 70.6 Å². The van der Waals surface area contributed by atoms with Crippen LogP contribution in [0.2, 0.25) is 0 Å². The lowest BCUT2D eigenvalue weighted by molar-refractivity contribution is -0.393. The number of aromatic nitrogens is 1. The summed E-state index contributed by atoms with van der Waals surface area (Å²) in [6.07, 6.45) is -22.5. The summed E-state index contributed by atoms with van der Waals surface area (Å²) in [5, 5.41) is 58.0. The molecule has 0 aliphatic heterocycles. The van der Waals surface area contributed by atoms with Gasteiger partial charge >= 0.3 is 48.9 Å². The molecule has 1 atom stereocenters. The molecule has 1 heterocycles. The molecule has 0 aliphatic rings. The Labute approximate surface area is 572 Å². The average Bonchev–Trinajstić information content (AvgIpc) is 0.783. The number of aliphatic carboxylic acids is 1. The van der Waals surface area contributed by atoms with Gasteiger partial charge in [0.1, 0.15) is 11.5 Å². The number of nitro groups is 4. The Kier molecular flexibility index (Phi) is 32.8. The van der Waals surface area contributed by atoms with Crippen molar-refractivity contribution in [2.75, 3.05) is 86.6 Å². The minimum atomic E-state index is -4.93. The number of ether oxygens (including phenoxy) is 2. The fourth-order valence-electron chi connectivity index (χ4n) is 7.74. The maximum Gasteiger partial charge on any atom is 0.417 e. The maximum absolute atomic E-state index is 12.8. The largest absolute Gasteiger partial charge is 0.479 e. The predicted molar refractivity (Wildman–Crippen MR) is 338 cm³/mol. The van der Waals surface area contributed by atoms with Crippen LogP contribution in [0.4, 0.5) is 121 Å². The van der Waals surface area contributed by atoms with Crippen molar-refractivity contribution in [3.8, 4) is 17.4 Å². The van der Waals surface area contributed by atoms with Crippen molar-refractivity contribution in [1.29, 1.82) is 0 Å². The third-order valence-corrected chi connectivity index (χ3v) is 12.7. The molecule has 101 heavy (non-hydrogen) atoms. The molecule has 42 heteroatoms. The second-order valence-corrected chi connectivity index (χ2v) is 21.2. The fraction of sp³-hybridized carbons (Fsp3) is 0.356. The molecule has 6 aromatic rings. The van der Waals surface area contributed by atoms with Crippen LogP contribution < -0.4 is 29.9 Å². The van der Waals surface area contributed by atoms with E-state index >= 15 is 0 Å². The first-order valence-corrected chi connectivity index (χ1v) is 29.4. The zero-order chi connectivity index (χ0) is 77.3. The van der Waals surface area contributed by atoms with E-state index in [0.717, 1.165) is 36.4 Å². The standard InChI is InChI=1S/C15H12F3NO4.2C12H13ClF3N3O4.2C10H11F3N2O/c1-9(14(20)21)22-11-3-5-12(6-4-11)23-13-7-2-10(8-19-13)15(16,17)18;2*1-2-4-17(5-3-13)11-9(18(20)21)6-8(12(14,15)16)7-10(11)19(22)23;2*1-15(2)9(16)14-8-5-3-4-7(6-8)10(11,12)13/h2-9H,1H3,(H,20,21);2*6-7H,2-5H2,1H3;2*3-6H,1-2H3,(H,14,16)/t9-;;;;/m1..../s1. The molecule has 0 unspecified atom stereocenters. The number of benzene rings is 5. The molecule has 25 nitrogen and oxygen atoms in total. The number of alkyl halides is 17. The summed E-state index contributed by atoms with van der Waals surface area (Å²) in [6.45, 7) is 5.26. The molecule has 0 saturated carbocycles. The summed E-state index contributed by atoms with van der Waals surface area (Å²) in [6, 6.07) is 17.2. The molecule has 6 rings (SSSR count). The van der Waals surface area contributed by atoms with Gasteiger partial charge in [0.15, 0.2) is 17.5 Å². The minimum absolute atomic E-state index is 0.00516. The lowest BCUT2D eigenvalue weighted by Crippen LogP contribution is -2.28. The van der Waals surface area contributed by atoms with Crippen LogP contribution in [0, 0.1) is 40.5 Å². The van der Waals surface area contributed by atoms with Crippen LogP contribution in [0.15, 0.2) is 115 Å². The average molecular weight is 1500 g/mol. The molecular weight excluding hydrogens is 1440 g/mol. The number of nitrogens with zero attached hydrogens (tertiary/aromatic N) is 9. The third kappa shape index (κ3) is 28.4. The Hall–Kier alpha value is -10.4. The Bertz CT molecular complexity index is 3520. The fourth-order valence-corrected chi connectivity index (χ4v) is 8.15. The van der Waals surface area contributed by atoms with E-state index in [4.69, 9.17) is 37.8 Å². The van der Waals surface area contributed by atoms with E-state index in [2.05, 4.69) is 15.6 Å². The van der Waals surface area contributed by atoms with Gasteiger partial charge in [-0.3, -0.25) is 40.5 Å². The number of pyridine rings is 1. The zero-order valence-electron chi connectivity index (χ0n) is 53.4. The van der Waals surface area contributed by atoms with E-state index in [1.54, 1.807) is 13.8 Å². The third-order valence-electron chi connectivity index (χ3n) is 12.4. The topological polar surface area (TPSA) is 312 Å². The van der Waals surface area contributed by atoms with Crippen LogP contribution >= 0.6 is 23.2 Å². The Morgan fingerprint density at radius 1 is 0.495 bits per heavy atom. The summed E-state index contributed by atoms with van der Waals surface area (Å²) >= 11 is 11.2. The number of carboxylic acids is 1. The van der Waals surface area contributed by atoms with Crippen LogP contribution in [0.5, 0.6) is 17.4 Å². The molecule has 0 fully saturated rings. The van der Waals surface area contributed by atoms with E-state index in [9.17, 15) is 121 Å². The molecule has 0 spiro atoms. The van der Waals surface area contributed by atoms with Crippen molar-refractivity contribution in [3.05, 3.63) is 184 Å². The summed E-state index contributed by atoms with van der Waals surface area (Å²) in [5.41, 5.74) is -9.88. The molecule has 0 aliphatic carbocycles. The summed E-state index contributed by atoms with van der Waals surface area (Å²) in [5.74, 6) is -0.421. The second-order valence-electron chi connectivity index (χ2n) is 20.5. The number of rotatable bonds is 21. The van der Waals surface area contributed by atoms with Crippen LogP contribution in [0.1, 0.15) is 61.4 Å². The quantitative estimate of drug-likeness (QED) is 0.0261. The second kappa shape index (κ2) is 38.2. The maximum atomic E-state index is 12.8. The SMILES string of the molecule is CCCN(CCCl)c1c([N+](=O)[O-])cc(C(F)(F)F)cc1[N+](=O)[O-].CCCN(CCCl)c1c([N+](=O)[O-])cc(C(F)(F)F)cc1[N+](=O)[O-].CN(C)C(=O)Nc1cccc(C(F)(F)F)c1.CN(C)C(=O)Nc1cccc(C(F)(F)F)c1.C[C@@H](Oc1ccc(Oc2ccc(C(F)(F)F)cn2)cc1)C(=O)O. The monoisotopic (exact) mass is 1500 g/mol. The molecule has 0 saturated heterocycles. The molecule has 554 valence electrons. The summed E-state index contributed by atoms with van der Waals surface area (Å²) in [7, 11) is 6.01. The number of amides is 4. The number of halogens is 17. The smallest absolute Gasteiger partial charge is 0.417 e. The first-order valence-electron chi connectivity index (χ1n) is 28.3.